The summed E-state index contributed by atoms with van der Waals surface area (Å²) in [6.07, 6.45) is 7.19. The molecule has 0 radical (unpaired) electrons. The summed E-state index contributed by atoms with van der Waals surface area (Å²) in [5, 5.41) is 3.52. The Hall–Kier alpha value is -1.13. The molecule has 1 N–H and O–H groups in total. The van der Waals surface area contributed by atoms with Gasteiger partial charge in [0.25, 0.3) is 0 Å². The molecule has 0 aromatic carbocycles. The summed E-state index contributed by atoms with van der Waals surface area (Å²) < 4.78 is 5.93. The van der Waals surface area contributed by atoms with E-state index in [-0.39, 0.29) is 0 Å². The molecule has 20 heavy (non-hydrogen) atoms. The Morgan fingerprint density at radius 1 is 1.35 bits per heavy atom. The number of aromatic nitrogens is 1. The van der Waals surface area contributed by atoms with E-state index in [9.17, 15) is 0 Å². The van der Waals surface area contributed by atoms with Crippen molar-refractivity contribution in [1.82, 2.24) is 10.3 Å². The van der Waals surface area contributed by atoms with E-state index in [0.29, 0.717) is 18.1 Å². The van der Waals surface area contributed by atoms with Crippen molar-refractivity contribution in [3.05, 3.63) is 24.0 Å². The van der Waals surface area contributed by atoms with Gasteiger partial charge >= 0.3 is 0 Å². The Balaban J connectivity index is 1.69. The fourth-order valence-corrected chi connectivity index (χ4v) is 3.17. The number of fused-ring (bicyclic) bond motifs is 2. The second-order valence-corrected chi connectivity index (χ2v) is 6.39. The van der Waals surface area contributed by atoms with Gasteiger partial charge in [0, 0.05) is 43.3 Å². The Labute approximate surface area is 121 Å². The fourth-order valence-electron chi connectivity index (χ4n) is 3.17. The molecule has 1 aromatic heterocycles. The van der Waals surface area contributed by atoms with Crippen LogP contribution in [0.1, 0.15) is 32.3 Å². The van der Waals surface area contributed by atoms with Gasteiger partial charge in [-0.1, -0.05) is 13.8 Å². The number of morpholine rings is 1. The minimum Gasteiger partial charge on any atom is -0.371 e. The lowest BCUT2D eigenvalue weighted by Crippen LogP contribution is -2.43. The number of hydrogen-bond donors (Lipinski definition) is 1. The predicted octanol–water partition coefficient (Wildman–Crippen LogP) is 2.19. The van der Waals surface area contributed by atoms with Gasteiger partial charge in [0.05, 0.1) is 12.2 Å². The minimum absolute atomic E-state index is 0.429. The van der Waals surface area contributed by atoms with Crippen LogP contribution in [0.5, 0.6) is 0 Å². The summed E-state index contributed by atoms with van der Waals surface area (Å²) in [5.74, 6) is 0.675. The highest BCUT2D eigenvalue weighted by Gasteiger charge is 2.34. The maximum absolute atomic E-state index is 5.93. The van der Waals surface area contributed by atoms with Crippen LogP contribution in [-0.4, -0.2) is 36.8 Å². The highest BCUT2D eigenvalue weighted by Crippen LogP contribution is 2.30. The number of nitrogens with one attached hydrogen (secondary N) is 1. The van der Waals surface area contributed by atoms with Crippen LogP contribution < -0.4 is 10.2 Å². The molecule has 4 nitrogen and oxygen atoms in total. The number of ether oxygens (including phenoxy) is 1. The molecule has 2 unspecified atom stereocenters. The average molecular weight is 275 g/mol. The second kappa shape index (κ2) is 6.10. The summed E-state index contributed by atoms with van der Waals surface area (Å²) in [4.78, 5) is 6.78. The molecule has 3 heterocycles. The van der Waals surface area contributed by atoms with Crippen LogP contribution in [-0.2, 0) is 11.3 Å². The monoisotopic (exact) mass is 275 g/mol. The van der Waals surface area contributed by atoms with E-state index in [1.54, 1.807) is 0 Å². The lowest BCUT2D eigenvalue weighted by atomic mass is 10.1. The van der Waals surface area contributed by atoms with Gasteiger partial charge in [-0.3, -0.25) is 4.98 Å². The Bertz CT molecular complexity index is 437. The summed E-state index contributed by atoms with van der Waals surface area (Å²) >= 11 is 0. The van der Waals surface area contributed by atoms with Gasteiger partial charge in [-0.25, -0.2) is 0 Å². The standard InChI is InChI=1S/C16H25N3O/c1-12(2)7-18-9-13-8-17-6-5-16(13)19-10-14-3-4-15(11-19)20-14/h5-6,8,12,14-15,18H,3-4,7,9-11H2,1-2H3. The highest BCUT2D eigenvalue weighted by atomic mass is 16.5. The van der Waals surface area contributed by atoms with Gasteiger partial charge in [-0.05, 0) is 31.4 Å². The molecule has 3 rings (SSSR count). The molecule has 2 aliphatic rings. The Kier molecular flexibility index (Phi) is 4.22. The zero-order chi connectivity index (χ0) is 13.9. The fraction of sp³-hybridized carbons (Fsp3) is 0.688. The van der Waals surface area contributed by atoms with Crippen molar-refractivity contribution >= 4 is 5.69 Å². The molecule has 110 valence electrons. The third-order valence-corrected chi connectivity index (χ3v) is 4.13. The lowest BCUT2D eigenvalue weighted by molar-refractivity contribution is 0.0304. The van der Waals surface area contributed by atoms with Gasteiger partial charge in [0.15, 0.2) is 0 Å². The summed E-state index contributed by atoms with van der Waals surface area (Å²) in [6.45, 7) is 8.46. The van der Waals surface area contributed by atoms with Gasteiger partial charge in [-0.2, -0.15) is 0 Å². The van der Waals surface area contributed by atoms with E-state index in [2.05, 4.69) is 35.1 Å². The zero-order valence-corrected chi connectivity index (χ0v) is 12.5. The number of nitrogens with zero attached hydrogens (tertiary/aromatic N) is 2. The van der Waals surface area contributed by atoms with E-state index in [1.165, 1.54) is 24.1 Å². The second-order valence-electron chi connectivity index (χ2n) is 6.39. The zero-order valence-electron chi connectivity index (χ0n) is 12.5. The van der Waals surface area contributed by atoms with Gasteiger partial charge < -0.3 is 15.0 Å². The predicted molar refractivity (Wildman–Crippen MR) is 80.9 cm³/mol. The number of hydrogen-bond acceptors (Lipinski definition) is 4. The van der Waals surface area contributed by atoms with Crippen LogP contribution in [0.15, 0.2) is 18.5 Å². The molecule has 0 saturated carbocycles. The first-order valence-corrected chi connectivity index (χ1v) is 7.76. The first kappa shape index (κ1) is 13.8. The van der Waals surface area contributed by atoms with E-state index in [1.807, 2.05) is 12.4 Å². The maximum Gasteiger partial charge on any atom is 0.0755 e. The van der Waals surface area contributed by atoms with Crippen LogP contribution in [0.2, 0.25) is 0 Å². The first-order chi connectivity index (χ1) is 9.72. The molecular weight excluding hydrogens is 250 g/mol. The van der Waals surface area contributed by atoms with E-state index >= 15 is 0 Å². The quantitative estimate of drug-likeness (QED) is 0.894. The molecular formula is C16H25N3O. The molecule has 2 fully saturated rings. The molecule has 4 heteroatoms. The number of pyridine rings is 1. The molecule has 0 aliphatic carbocycles. The summed E-state index contributed by atoms with van der Waals surface area (Å²) in [6, 6.07) is 2.15. The topological polar surface area (TPSA) is 37.4 Å². The molecule has 0 spiro atoms. The number of rotatable bonds is 5. The maximum atomic E-state index is 5.93. The first-order valence-electron chi connectivity index (χ1n) is 7.76. The molecule has 2 saturated heterocycles. The third kappa shape index (κ3) is 3.13. The minimum atomic E-state index is 0.429. The lowest BCUT2D eigenvalue weighted by Gasteiger charge is -2.35. The van der Waals surface area contributed by atoms with Gasteiger partial charge in [-0.15, -0.1) is 0 Å². The van der Waals surface area contributed by atoms with Crippen molar-refractivity contribution in [1.29, 1.82) is 0 Å². The van der Waals surface area contributed by atoms with E-state index in [0.717, 1.165) is 26.2 Å². The van der Waals surface area contributed by atoms with Crippen LogP contribution in [0, 0.1) is 5.92 Å². The molecule has 0 amide bonds. The van der Waals surface area contributed by atoms with Crippen LogP contribution in [0.3, 0.4) is 0 Å². The van der Waals surface area contributed by atoms with Gasteiger partial charge in [0.1, 0.15) is 0 Å². The van der Waals surface area contributed by atoms with Crippen LogP contribution in [0.4, 0.5) is 5.69 Å². The molecule has 1 aromatic rings. The van der Waals surface area contributed by atoms with Crippen molar-refractivity contribution < 1.29 is 4.74 Å². The third-order valence-electron chi connectivity index (χ3n) is 4.13. The highest BCUT2D eigenvalue weighted by molar-refractivity contribution is 5.53. The average Bonchev–Trinajstić information content (AvgIpc) is 2.78. The van der Waals surface area contributed by atoms with Crippen LogP contribution >= 0.6 is 0 Å². The van der Waals surface area contributed by atoms with Gasteiger partial charge in [0.2, 0.25) is 0 Å². The van der Waals surface area contributed by atoms with Crippen molar-refractivity contribution in [3.8, 4) is 0 Å². The van der Waals surface area contributed by atoms with Crippen molar-refractivity contribution in [2.24, 2.45) is 5.92 Å². The Morgan fingerprint density at radius 2 is 2.10 bits per heavy atom. The Morgan fingerprint density at radius 3 is 2.80 bits per heavy atom. The van der Waals surface area contributed by atoms with Crippen LogP contribution in [0.25, 0.3) is 0 Å². The van der Waals surface area contributed by atoms with E-state index in [4.69, 9.17) is 4.74 Å². The van der Waals surface area contributed by atoms with E-state index < -0.39 is 0 Å². The normalized spacial score (nSPS) is 25.4. The van der Waals surface area contributed by atoms with Crippen molar-refractivity contribution in [2.75, 3.05) is 24.5 Å². The van der Waals surface area contributed by atoms with Crippen molar-refractivity contribution in [3.63, 3.8) is 0 Å². The molecule has 2 aliphatic heterocycles. The van der Waals surface area contributed by atoms with Crippen molar-refractivity contribution in [2.45, 2.75) is 45.4 Å². The largest absolute Gasteiger partial charge is 0.371 e. The molecule has 2 atom stereocenters. The summed E-state index contributed by atoms with van der Waals surface area (Å²) in [7, 11) is 0. The summed E-state index contributed by atoms with van der Waals surface area (Å²) in [5.41, 5.74) is 2.63. The SMILES string of the molecule is CC(C)CNCc1cnccc1N1CC2CCC(C1)O2. The molecule has 2 bridgehead atoms. The smallest absolute Gasteiger partial charge is 0.0755 e. The number of anilines is 1.